The summed E-state index contributed by atoms with van der Waals surface area (Å²) in [5.41, 5.74) is 3.50. The molecule has 0 N–H and O–H groups in total. The van der Waals surface area contributed by atoms with E-state index in [1.807, 2.05) is 44.2 Å². The lowest BCUT2D eigenvalue weighted by Gasteiger charge is -2.20. The number of aromatic nitrogens is 2. The van der Waals surface area contributed by atoms with Gasteiger partial charge in [-0.3, -0.25) is 4.79 Å². The predicted octanol–water partition coefficient (Wildman–Crippen LogP) is 4.84. The molecule has 0 saturated carbocycles. The molecule has 0 spiro atoms. The maximum absolute atomic E-state index is 13.0. The quantitative estimate of drug-likeness (QED) is 0.573. The monoisotopic (exact) mass is 381 g/mol. The first-order chi connectivity index (χ1) is 13.0. The fourth-order valence-corrected chi connectivity index (χ4v) is 2.92. The van der Waals surface area contributed by atoms with Crippen LogP contribution in [0.15, 0.2) is 59.6 Å². The molecular formula is C21H20ClN3O2. The second kappa shape index (κ2) is 8.18. The molecule has 0 fully saturated rings. The van der Waals surface area contributed by atoms with Gasteiger partial charge in [-0.25, -0.2) is 0 Å². The van der Waals surface area contributed by atoms with E-state index in [1.54, 1.807) is 23.1 Å². The molecule has 5 nitrogen and oxygen atoms in total. The first-order valence-electron chi connectivity index (χ1n) is 8.54. The van der Waals surface area contributed by atoms with Gasteiger partial charge in [-0.1, -0.05) is 40.5 Å². The zero-order valence-corrected chi connectivity index (χ0v) is 16.0. The van der Waals surface area contributed by atoms with Crippen LogP contribution in [0.4, 0.5) is 0 Å². The van der Waals surface area contributed by atoms with Crippen LogP contribution in [0.5, 0.6) is 0 Å². The summed E-state index contributed by atoms with van der Waals surface area (Å²) in [5, 5.41) is 4.64. The number of aryl methyl sites for hydroxylation is 2. The molecule has 3 rings (SSSR count). The summed E-state index contributed by atoms with van der Waals surface area (Å²) in [6.45, 7) is 8.26. The summed E-state index contributed by atoms with van der Waals surface area (Å²) in [6, 6.07) is 12.9. The van der Waals surface area contributed by atoms with Crippen molar-refractivity contribution in [2.75, 3.05) is 6.54 Å². The van der Waals surface area contributed by atoms with Crippen molar-refractivity contribution in [2.24, 2.45) is 0 Å². The third kappa shape index (κ3) is 4.44. The van der Waals surface area contributed by atoms with Gasteiger partial charge in [-0.05, 0) is 49.7 Å². The molecule has 0 radical (unpaired) electrons. The van der Waals surface area contributed by atoms with E-state index < -0.39 is 0 Å². The molecule has 0 unspecified atom stereocenters. The van der Waals surface area contributed by atoms with Gasteiger partial charge in [-0.15, -0.1) is 6.58 Å². The Morgan fingerprint density at radius 1 is 1.22 bits per heavy atom. The maximum Gasteiger partial charge on any atom is 0.254 e. The van der Waals surface area contributed by atoms with Crippen molar-refractivity contribution in [3.05, 3.63) is 82.7 Å². The van der Waals surface area contributed by atoms with Crippen LogP contribution in [0.2, 0.25) is 5.02 Å². The number of carbonyl (C=O) groups is 1. The molecule has 0 atom stereocenters. The average Bonchev–Trinajstić information content (AvgIpc) is 3.10. The van der Waals surface area contributed by atoms with E-state index in [4.69, 9.17) is 16.1 Å². The zero-order valence-electron chi connectivity index (χ0n) is 15.3. The largest absolute Gasteiger partial charge is 0.337 e. The minimum absolute atomic E-state index is 0.0985. The van der Waals surface area contributed by atoms with E-state index in [2.05, 4.69) is 16.7 Å². The lowest BCUT2D eigenvalue weighted by Crippen LogP contribution is -2.31. The number of hydrogen-bond acceptors (Lipinski definition) is 4. The van der Waals surface area contributed by atoms with Crippen molar-refractivity contribution in [3.8, 4) is 11.4 Å². The Balaban J connectivity index is 1.81. The van der Waals surface area contributed by atoms with E-state index in [9.17, 15) is 4.79 Å². The molecule has 0 aliphatic carbocycles. The molecule has 3 aromatic rings. The van der Waals surface area contributed by atoms with Crippen LogP contribution in [0.3, 0.4) is 0 Å². The Kier molecular flexibility index (Phi) is 5.72. The van der Waals surface area contributed by atoms with Crippen molar-refractivity contribution in [1.82, 2.24) is 15.0 Å². The topological polar surface area (TPSA) is 59.2 Å². The summed E-state index contributed by atoms with van der Waals surface area (Å²) in [5.74, 6) is 0.720. The van der Waals surface area contributed by atoms with Crippen LogP contribution < -0.4 is 0 Å². The van der Waals surface area contributed by atoms with Crippen molar-refractivity contribution in [2.45, 2.75) is 20.4 Å². The highest BCUT2D eigenvalue weighted by atomic mass is 35.5. The van der Waals surface area contributed by atoms with Crippen LogP contribution in [0.1, 0.15) is 27.4 Å². The lowest BCUT2D eigenvalue weighted by molar-refractivity contribution is 0.0744. The second-order valence-corrected chi connectivity index (χ2v) is 6.75. The van der Waals surface area contributed by atoms with Gasteiger partial charge in [0.05, 0.1) is 0 Å². The fourth-order valence-electron chi connectivity index (χ4n) is 2.80. The highest BCUT2D eigenvalue weighted by Gasteiger charge is 2.20. The van der Waals surface area contributed by atoms with Crippen LogP contribution in [-0.4, -0.2) is 27.5 Å². The summed E-state index contributed by atoms with van der Waals surface area (Å²) < 4.78 is 5.34. The van der Waals surface area contributed by atoms with Gasteiger partial charge in [0, 0.05) is 22.7 Å². The second-order valence-electron chi connectivity index (χ2n) is 6.31. The molecule has 0 bridgehead atoms. The Bertz CT molecular complexity index is 964. The SMILES string of the molecule is C=CCN(Cc1nc(-c2ccc(Cl)cc2)no1)C(=O)c1ccc(C)cc1C. The third-order valence-corrected chi connectivity index (χ3v) is 4.40. The summed E-state index contributed by atoms with van der Waals surface area (Å²) >= 11 is 5.91. The number of hydrogen-bond donors (Lipinski definition) is 0. The molecule has 27 heavy (non-hydrogen) atoms. The summed E-state index contributed by atoms with van der Waals surface area (Å²) in [6.07, 6.45) is 1.68. The smallest absolute Gasteiger partial charge is 0.254 e. The van der Waals surface area contributed by atoms with Gasteiger partial charge in [0.1, 0.15) is 6.54 Å². The Morgan fingerprint density at radius 3 is 2.63 bits per heavy atom. The lowest BCUT2D eigenvalue weighted by atomic mass is 10.0. The average molecular weight is 382 g/mol. The van der Waals surface area contributed by atoms with E-state index in [0.717, 1.165) is 16.7 Å². The maximum atomic E-state index is 13.0. The van der Waals surface area contributed by atoms with Crippen molar-refractivity contribution in [1.29, 1.82) is 0 Å². The number of rotatable bonds is 6. The van der Waals surface area contributed by atoms with Crippen LogP contribution in [0.25, 0.3) is 11.4 Å². The normalized spacial score (nSPS) is 10.6. The molecular weight excluding hydrogens is 362 g/mol. The molecule has 0 aliphatic rings. The zero-order chi connectivity index (χ0) is 19.4. The van der Waals surface area contributed by atoms with Gasteiger partial charge in [-0.2, -0.15) is 4.98 Å². The number of carbonyl (C=O) groups excluding carboxylic acids is 1. The number of amides is 1. The highest BCUT2D eigenvalue weighted by molar-refractivity contribution is 6.30. The van der Waals surface area contributed by atoms with Crippen molar-refractivity contribution >= 4 is 17.5 Å². The first-order valence-corrected chi connectivity index (χ1v) is 8.91. The first kappa shape index (κ1) is 18.9. The summed E-state index contributed by atoms with van der Waals surface area (Å²) in [4.78, 5) is 19.0. The Morgan fingerprint density at radius 2 is 1.96 bits per heavy atom. The van der Waals surface area contributed by atoms with E-state index in [0.29, 0.717) is 28.8 Å². The van der Waals surface area contributed by atoms with Crippen LogP contribution >= 0.6 is 11.6 Å². The number of nitrogens with zero attached hydrogens (tertiary/aromatic N) is 3. The van der Waals surface area contributed by atoms with E-state index in [1.165, 1.54) is 0 Å². The van der Waals surface area contributed by atoms with Crippen LogP contribution in [-0.2, 0) is 6.54 Å². The Hall–Kier alpha value is -2.92. The molecule has 138 valence electrons. The van der Waals surface area contributed by atoms with Crippen molar-refractivity contribution < 1.29 is 9.32 Å². The van der Waals surface area contributed by atoms with Crippen molar-refractivity contribution in [3.63, 3.8) is 0 Å². The minimum Gasteiger partial charge on any atom is -0.337 e. The fraction of sp³-hybridized carbons (Fsp3) is 0.190. The minimum atomic E-state index is -0.0985. The molecule has 1 heterocycles. The van der Waals surface area contributed by atoms with Gasteiger partial charge in [0.25, 0.3) is 5.91 Å². The Labute approximate surface area is 163 Å². The number of benzene rings is 2. The predicted molar refractivity (Wildman–Crippen MR) is 106 cm³/mol. The molecule has 2 aromatic carbocycles. The number of halogens is 1. The molecule has 0 aliphatic heterocycles. The summed E-state index contributed by atoms with van der Waals surface area (Å²) in [7, 11) is 0. The standard InChI is InChI=1S/C21H20ClN3O2/c1-4-11-25(21(26)18-10-5-14(2)12-15(18)3)13-19-23-20(24-27-19)16-6-8-17(22)9-7-16/h4-10,12H,1,11,13H2,2-3H3. The van der Waals surface area contributed by atoms with E-state index in [-0.39, 0.29) is 12.5 Å². The molecule has 0 saturated heterocycles. The third-order valence-electron chi connectivity index (χ3n) is 4.15. The van der Waals surface area contributed by atoms with Gasteiger partial charge in [0.15, 0.2) is 0 Å². The van der Waals surface area contributed by atoms with Gasteiger partial charge >= 0.3 is 0 Å². The van der Waals surface area contributed by atoms with E-state index >= 15 is 0 Å². The van der Waals surface area contributed by atoms with Crippen LogP contribution in [0, 0.1) is 13.8 Å². The molecule has 1 amide bonds. The van der Waals surface area contributed by atoms with Gasteiger partial charge in [0.2, 0.25) is 11.7 Å². The van der Waals surface area contributed by atoms with Gasteiger partial charge < -0.3 is 9.42 Å². The molecule has 1 aromatic heterocycles. The highest BCUT2D eigenvalue weighted by Crippen LogP contribution is 2.20. The molecule has 6 heteroatoms.